The number of carboxylic acids is 1. The second-order valence-electron chi connectivity index (χ2n) is 9.97. The van der Waals surface area contributed by atoms with E-state index >= 15 is 0 Å². The Morgan fingerprint density at radius 1 is 0.745 bits per heavy atom. The van der Waals surface area contributed by atoms with Gasteiger partial charge in [-0.2, -0.15) is 0 Å². The summed E-state index contributed by atoms with van der Waals surface area (Å²) in [6.45, 7) is -0.141. The van der Waals surface area contributed by atoms with E-state index in [4.69, 9.17) is 26.7 Å². The molecule has 0 saturated carbocycles. The highest BCUT2D eigenvalue weighted by atomic mass is 16.6. The van der Waals surface area contributed by atoms with Gasteiger partial charge in [0.2, 0.25) is 11.8 Å². The molecule has 0 radical (unpaired) electrons. The maximum Gasteiger partial charge on any atom is 0.414 e. The predicted octanol–water partition coefficient (Wildman–Crippen LogP) is 0.0419. The lowest BCUT2D eigenvalue weighted by Crippen LogP contribution is -2.48. The lowest BCUT2D eigenvalue weighted by atomic mass is 10.1. The second kappa shape index (κ2) is 21.1. The minimum Gasteiger partial charge on any atom is -0.480 e. The number of aliphatic carboxylic acids is 1. The number of nitrogens with two attached hydrogens (primary N) is 3. The van der Waals surface area contributed by atoms with Crippen molar-refractivity contribution in [2.75, 3.05) is 19.6 Å². The highest BCUT2D eigenvalue weighted by molar-refractivity contribution is 5.93. The number of hydrogen-bond acceptors (Lipinski definition) is 10. The van der Waals surface area contributed by atoms with Gasteiger partial charge in [0.15, 0.2) is 11.9 Å². The number of nitrogens with one attached hydrogen (secondary N) is 4. The van der Waals surface area contributed by atoms with Crippen LogP contribution < -0.4 is 38.5 Å². The average molecular weight is 656 g/mol. The van der Waals surface area contributed by atoms with Crippen molar-refractivity contribution >= 4 is 41.9 Å². The molecule has 0 aliphatic heterocycles. The summed E-state index contributed by atoms with van der Waals surface area (Å²) in [5, 5.41) is 18.7. The molecule has 0 fully saturated rings. The summed E-state index contributed by atoms with van der Waals surface area (Å²) < 4.78 is 10.1. The van der Waals surface area contributed by atoms with Crippen LogP contribution in [0.2, 0.25) is 0 Å². The van der Waals surface area contributed by atoms with Gasteiger partial charge in [0.1, 0.15) is 19.3 Å². The van der Waals surface area contributed by atoms with Crippen LogP contribution in [0.1, 0.15) is 36.8 Å². The van der Waals surface area contributed by atoms with Crippen LogP contribution >= 0.6 is 0 Å². The van der Waals surface area contributed by atoms with Crippen LogP contribution in [-0.2, 0) is 37.1 Å². The van der Waals surface area contributed by atoms with E-state index in [9.17, 15) is 29.1 Å². The zero-order chi connectivity index (χ0) is 34.4. The van der Waals surface area contributed by atoms with Crippen molar-refractivity contribution in [2.45, 2.75) is 51.0 Å². The fourth-order valence-corrected chi connectivity index (χ4v) is 3.74. The van der Waals surface area contributed by atoms with Gasteiger partial charge in [-0.05, 0) is 36.8 Å². The van der Waals surface area contributed by atoms with E-state index in [1.807, 2.05) is 24.3 Å². The third-order valence-electron chi connectivity index (χ3n) is 6.17. The van der Waals surface area contributed by atoms with Crippen LogP contribution in [-0.4, -0.2) is 78.7 Å². The summed E-state index contributed by atoms with van der Waals surface area (Å²) in [5.74, 6) is -2.99. The topological polar surface area (TPSA) is 275 Å². The smallest absolute Gasteiger partial charge is 0.414 e. The number of carbonyl (C=O) groups excluding carboxylic acids is 4. The zero-order valence-electron chi connectivity index (χ0n) is 25.7. The number of ether oxygens (including phenoxy) is 2. The van der Waals surface area contributed by atoms with Crippen molar-refractivity contribution in [1.29, 1.82) is 0 Å². The largest absolute Gasteiger partial charge is 0.480 e. The minimum atomic E-state index is -1.28. The molecule has 0 heterocycles. The Kier molecular flexibility index (Phi) is 16.8. The lowest BCUT2D eigenvalue weighted by molar-refractivity contribution is -0.141. The fourth-order valence-electron chi connectivity index (χ4n) is 3.74. The molecule has 2 aromatic carbocycles. The van der Waals surface area contributed by atoms with E-state index < -0.39 is 48.6 Å². The molecule has 254 valence electrons. The molecule has 0 unspecified atom stereocenters. The maximum absolute atomic E-state index is 12.3. The molecular weight excluding hydrogens is 614 g/mol. The number of alkyl carbamates (subject to hydrolysis) is 2. The monoisotopic (exact) mass is 655 g/mol. The van der Waals surface area contributed by atoms with Gasteiger partial charge < -0.3 is 42.4 Å². The first-order chi connectivity index (χ1) is 22.5. The molecule has 4 amide bonds. The van der Waals surface area contributed by atoms with Crippen LogP contribution in [0.4, 0.5) is 9.59 Å². The Labute approximate surface area is 271 Å². The van der Waals surface area contributed by atoms with E-state index in [2.05, 4.69) is 31.3 Å². The van der Waals surface area contributed by atoms with E-state index in [0.29, 0.717) is 6.42 Å². The van der Waals surface area contributed by atoms with Crippen molar-refractivity contribution in [2.24, 2.45) is 27.2 Å². The first kappa shape index (κ1) is 37.5. The molecule has 0 aromatic heterocycles. The Morgan fingerprint density at radius 3 is 1.68 bits per heavy atom. The molecular formula is C30H41N9O8. The van der Waals surface area contributed by atoms with Gasteiger partial charge in [-0.25, -0.2) is 14.4 Å². The highest BCUT2D eigenvalue weighted by Crippen LogP contribution is 2.02. The maximum atomic E-state index is 12.3. The van der Waals surface area contributed by atoms with Gasteiger partial charge in [-0.15, -0.1) is 0 Å². The molecule has 47 heavy (non-hydrogen) atoms. The first-order valence-corrected chi connectivity index (χ1v) is 14.6. The van der Waals surface area contributed by atoms with Crippen LogP contribution in [0, 0.1) is 0 Å². The number of amides is 4. The quantitative estimate of drug-likeness (QED) is 0.0640. The molecule has 0 aliphatic rings. The van der Waals surface area contributed by atoms with E-state index in [1.165, 1.54) is 0 Å². The summed E-state index contributed by atoms with van der Waals surface area (Å²) in [6, 6.07) is 15.9. The van der Waals surface area contributed by atoms with Crippen molar-refractivity contribution < 1.29 is 38.6 Å². The van der Waals surface area contributed by atoms with E-state index in [-0.39, 0.29) is 57.5 Å². The Balaban J connectivity index is 1.60. The standard InChI is InChI=1S/C30H41N9O8/c31-22(13-7-15-34-27(32)38-29(44)46-18-20-9-3-1-4-10-20)25(41)36-17-24(40)37-23(26(42)43)14-8-16-35-28(33)39-30(45)47-19-21-11-5-2-6-12-21/h1-6,9-12,22-23H,7-8,13-19,31H2,(H,36,41)(H,37,40)(H,42,43)(H3,32,34,38,44)(H3,33,35,39,45)/t22-,23-/m0/s1. The van der Waals surface area contributed by atoms with Crippen molar-refractivity contribution in [3.63, 3.8) is 0 Å². The zero-order valence-corrected chi connectivity index (χ0v) is 25.7. The first-order valence-electron chi connectivity index (χ1n) is 14.6. The normalized spacial score (nSPS) is 12.6. The summed E-state index contributed by atoms with van der Waals surface area (Å²) in [5.41, 5.74) is 18.8. The third-order valence-corrected chi connectivity index (χ3v) is 6.17. The Morgan fingerprint density at radius 2 is 1.21 bits per heavy atom. The molecule has 0 spiro atoms. The number of guanidine groups is 2. The Hall–Kier alpha value is -5.71. The molecule has 0 saturated heterocycles. The predicted molar refractivity (Wildman–Crippen MR) is 172 cm³/mol. The van der Waals surface area contributed by atoms with Gasteiger partial charge in [0.05, 0.1) is 12.6 Å². The van der Waals surface area contributed by atoms with Crippen molar-refractivity contribution in [3.05, 3.63) is 71.8 Å². The highest BCUT2D eigenvalue weighted by Gasteiger charge is 2.21. The molecule has 0 aliphatic carbocycles. The number of aliphatic imine (C=N–C) groups is 2. The molecule has 17 nitrogen and oxygen atoms in total. The summed E-state index contributed by atoms with van der Waals surface area (Å²) in [7, 11) is 0. The molecule has 2 aromatic rings. The summed E-state index contributed by atoms with van der Waals surface area (Å²) in [4.78, 5) is 67.6. The van der Waals surface area contributed by atoms with Crippen LogP contribution in [0.15, 0.2) is 70.6 Å². The van der Waals surface area contributed by atoms with Gasteiger partial charge in [0.25, 0.3) is 0 Å². The molecule has 2 atom stereocenters. The Bertz CT molecular complexity index is 1370. The van der Waals surface area contributed by atoms with Gasteiger partial charge >= 0.3 is 18.2 Å². The number of carbonyl (C=O) groups is 5. The third kappa shape index (κ3) is 16.8. The number of nitrogens with zero attached hydrogens (tertiary/aromatic N) is 2. The van der Waals surface area contributed by atoms with Crippen LogP contribution in [0.3, 0.4) is 0 Å². The molecule has 2 rings (SSSR count). The molecule has 17 heteroatoms. The minimum absolute atomic E-state index is 0.00697. The van der Waals surface area contributed by atoms with E-state index in [1.54, 1.807) is 36.4 Å². The van der Waals surface area contributed by atoms with Gasteiger partial charge in [-0.1, -0.05) is 60.7 Å². The molecule has 0 bridgehead atoms. The van der Waals surface area contributed by atoms with Gasteiger partial charge in [-0.3, -0.25) is 30.2 Å². The SMILES string of the molecule is NC(=NCCC[C@H](NC(=O)CNC(=O)[C@@H](N)CCCN=C(N)NC(=O)OCc1ccccc1)C(=O)O)NC(=O)OCc1ccccc1. The van der Waals surface area contributed by atoms with Crippen molar-refractivity contribution in [1.82, 2.24) is 21.3 Å². The fraction of sp³-hybridized carbons (Fsp3) is 0.367. The molecule has 11 N–H and O–H groups in total. The number of benzene rings is 2. The lowest BCUT2D eigenvalue weighted by Gasteiger charge is -2.15. The van der Waals surface area contributed by atoms with E-state index in [0.717, 1.165) is 11.1 Å². The van der Waals surface area contributed by atoms with Crippen molar-refractivity contribution in [3.8, 4) is 0 Å². The van der Waals surface area contributed by atoms with Gasteiger partial charge in [0, 0.05) is 13.1 Å². The summed E-state index contributed by atoms with van der Waals surface area (Å²) >= 11 is 0. The van der Waals surface area contributed by atoms with Crippen LogP contribution in [0.5, 0.6) is 0 Å². The number of hydrogen-bond donors (Lipinski definition) is 8. The van der Waals surface area contributed by atoms with Crippen LogP contribution in [0.25, 0.3) is 0 Å². The second-order valence-corrected chi connectivity index (χ2v) is 9.97. The number of carboxylic acid groups (broad SMARTS) is 1. The summed E-state index contributed by atoms with van der Waals surface area (Å²) in [6.07, 6.45) is -0.791. The average Bonchev–Trinajstić information content (AvgIpc) is 3.05. The number of rotatable bonds is 17.